The van der Waals surface area contributed by atoms with Gasteiger partial charge in [0, 0.05) is 17.6 Å². The lowest BCUT2D eigenvalue weighted by Crippen LogP contribution is -2.42. The highest BCUT2D eigenvalue weighted by Crippen LogP contribution is 2.15. The molecule has 3 N–H and O–H groups in total. The minimum absolute atomic E-state index is 0. The summed E-state index contributed by atoms with van der Waals surface area (Å²) in [6, 6.07) is 6.93. The lowest BCUT2D eigenvalue weighted by Gasteiger charge is -2.16. The number of rotatable bonds is 8. The Balaban J connectivity index is 0.00000361. The van der Waals surface area contributed by atoms with Crippen LogP contribution in [-0.4, -0.2) is 25.1 Å². The highest BCUT2D eigenvalue weighted by atomic mass is 35.5. The van der Waals surface area contributed by atoms with Crippen molar-refractivity contribution in [2.45, 2.75) is 32.2 Å². The van der Waals surface area contributed by atoms with Crippen LogP contribution in [0.1, 0.15) is 26.2 Å². The van der Waals surface area contributed by atoms with E-state index in [1.807, 2.05) is 0 Å². The normalized spacial score (nSPS) is 11.3. The second-order valence-corrected chi connectivity index (χ2v) is 4.82. The number of carbonyl (C=O) groups excluding carboxylic acids is 1. The summed E-state index contributed by atoms with van der Waals surface area (Å²) in [5.41, 5.74) is 5.62. The van der Waals surface area contributed by atoms with Crippen molar-refractivity contribution >= 4 is 29.9 Å². The fourth-order valence-corrected chi connectivity index (χ4v) is 1.77. The quantitative estimate of drug-likeness (QED) is 0.774. The SMILES string of the molecule is CCCCC(CN)NC(=O)COc1ccc(Cl)cc1.Cl. The van der Waals surface area contributed by atoms with Crippen molar-refractivity contribution in [1.29, 1.82) is 0 Å². The molecule has 0 bridgehead atoms. The molecule has 0 fully saturated rings. The predicted molar refractivity (Wildman–Crippen MR) is 84.7 cm³/mol. The summed E-state index contributed by atoms with van der Waals surface area (Å²) in [7, 11) is 0. The van der Waals surface area contributed by atoms with Crippen LogP contribution in [-0.2, 0) is 4.79 Å². The Bertz CT molecular complexity index is 385. The highest BCUT2D eigenvalue weighted by Gasteiger charge is 2.10. The van der Waals surface area contributed by atoms with Crippen LogP contribution in [0.2, 0.25) is 5.02 Å². The molecule has 114 valence electrons. The third kappa shape index (κ3) is 7.58. The van der Waals surface area contributed by atoms with Gasteiger partial charge in [-0.3, -0.25) is 4.79 Å². The number of halogens is 2. The molecule has 20 heavy (non-hydrogen) atoms. The van der Waals surface area contributed by atoms with Crippen molar-refractivity contribution in [3.8, 4) is 5.75 Å². The largest absolute Gasteiger partial charge is 0.484 e. The van der Waals surface area contributed by atoms with Crippen molar-refractivity contribution < 1.29 is 9.53 Å². The molecule has 0 saturated heterocycles. The molecule has 1 amide bonds. The van der Waals surface area contributed by atoms with Crippen LogP contribution in [0.15, 0.2) is 24.3 Å². The van der Waals surface area contributed by atoms with Gasteiger partial charge in [0.15, 0.2) is 6.61 Å². The smallest absolute Gasteiger partial charge is 0.258 e. The molecule has 0 heterocycles. The van der Waals surface area contributed by atoms with Gasteiger partial charge >= 0.3 is 0 Å². The Kier molecular flexibility index (Phi) is 10.3. The molecule has 1 rings (SSSR count). The number of nitrogens with one attached hydrogen (secondary N) is 1. The average Bonchev–Trinajstić information content (AvgIpc) is 2.42. The molecule has 1 aromatic rings. The Morgan fingerprint density at radius 2 is 2.05 bits per heavy atom. The van der Waals surface area contributed by atoms with E-state index in [1.54, 1.807) is 24.3 Å². The highest BCUT2D eigenvalue weighted by molar-refractivity contribution is 6.30. The third-order valence-corrected chi connectivity index (χ3v) is 2.99. The summed E-state index contributed by atoms with van der Waals surface area (Å²) < 4.78 is 5.36. The topological polar surface area (TPSA) is 64.3 Å². The molecular weight excluding hydrogens is 299 g/mol. The van der Waals surface area contributed by atoms with Crippen LogP contribution in [0.5, 0.6) is 5.75 Å². The zero-order chi connectivity index (χ0) is 14.1. The van der Waals surface area contributed by atoms with E-state index in [-0.39, 0.29) is 31.0 Å². The van der Waals surface area contributed by atoms with Crippen LogP contribution in [0.4, 0.5) is 0 Å². The van der Waals surface area contributed by atoms with E-state index < -0.39 is 0 Å². The maximum atomic E-state index is 11.7. The van der Waals surface area contributed by atoms with Gasteiger partial charge in [-0.15, -0.1) is 12.4 Å². The Morgan fingerprint density at radius 1 is 1.40 bits per heavy atom. The molecule has 1 unspecified atom stereocenters. The minimum Gasteiger partial charge on any atom is -0.484 e. The molecular formula is C14H22Cl2N2O2. The molecule has 0 aliphatic rings. The number of hydrogen-bond acceptors (Lipinski definition) is 3. The second kappa shape index (κ2) is 10.8. The van der Waals surface area contributed by atoms with Crippen LogP contribution in [0.3, 0.4) is 0 Å². The number of nitrogens with two attached hydrogens (primary N) is 1. The molecule has 1 atom stereocenters. The van der Waals surface area contributed by atoms with Gasteiger partial charge in [-0.05, 0) is 30.7 Å². The fraction of sp³-hybridized carbons (Fsp3) is 0.500. The van der Waals surface area contributed by atoms with E-state index in [9.17, 15) is 4.79 Å². The summed E-state index contributed by atoms with van der Waals surface area (Å²) in [4.78, 5) is 11.7. The van der Waals surface area contributed by atoms with Gasteiger partial charge in [0.05, 0.1) is 0 Å². The molecule has 1 aromatic carbocycles. The van der Waals surface area contributed by atoms with E-state index in [4.69, 9.17) is 22.1 Å². The molecule has 0 spiro atoms. The zero-order valence-electron chi connectivity index (χ0n) is 11.6. The van der Waals surface area contributed by atoms with Crippen molar-refractivity contribution in [3.05, 3.63) is 29.3 Å². The van der Waals surface area contributed by atoms with Gasteiger partial charge in [-0.25, -0.2) is 0 Å². The summed E-state index contributed by atoms with van der Waals surface area (Å²) >= 11 is 5.76. The van der Waals surface area contributed by atoms with Crippen molar-refractivity contribution in [3.63, 3.8) is 0 Å². The zero-order valence-corrected chi connectivity index (χ0v) is 13.2. The maximum absolute atomic E-state index is 11.7. The Hall–Kier alpha value is -0.970. The lowest BCUT2D eigenvalue weighted by atomic mass is 10.1. The first-order chi connectivity index (χ1) is 9.15. The summed E-state index contributed by atoms with van der Waals surface area (Å²) in [5, 5.41) is 3.51. The van der Waals surface area contributed by atoms with Crippen molar-refractivity contribution in [1.82, 2.24) is 5.32 Å². The van der Waals surface area contributed by atoms with Gasteiger partial charge in [-0.1, -0.05) is 31.4 Å². The van der Waals surface area contributed by atoms with Gasteiger partial charge in [0.25, 0.3) is 5.91 Å². The lowest BCUT2D eigenvalue weighted by molar-refractivity contribution is -0.123. The Morgan fingerprint density at radius 3 is 2.60 bits per heavy atom. The fourth-order valence-electron chi connectivity index (χ4n) is 1.65. The number of unbranched alkanes of at least 4 members (excludes halogenated alkanes) is 1. The molecule has 0 radical (unpaired) electrons. The monoisotopic (exact) mass is 320 g/mol. The number of amides is 1. The van der Waals surface area contributed by atoms with E-state index in [1.165, 1.54) is 0 Å². The Labute approximate surface area is 131 Å². The second-order valence-electron chi connectivity index (χ2n) is 4.38. The number of benzene rings is 1. The standard InChI is InChI=1S/C14H21ClN2O2.ClH/c1-2-3-4-12(9-16)17-14(18)10-19-13-7-5-11(15)6-8-13;/h5-8,12H,2-4,9-10,16H2,1H3,(H,17,18);1H. The molecule has 6 heteroatoms. The molecule has 0 aromatic heterocycles. The maximum Gasteiger partial charge on any atom is 0.258 e. The first-order valence-corrected chi connectivity index (χ1v) is 6.91. The van der Waals surface area contributed by atoms with Crippen LogP contribution in [0, 0.1) is 0 Å². The summed E-state index contributed by atoms with van der Waals surface area (Å²) in [6.45, 7) is 2.55. The van der Waals surface area contributed by atoms with Crippen LogP contribution < -0.4 is 15.8 Å². The van der Waals surface area contributed by atoms with Crippen molar-refractivity contribution in [2.24, 2.45) is 5.73 Å². The van der Waals surface area contributed by atoms with E-state index >= 15 is 0 Å². The number of ether oxygens (including phenoxy) is 1. The van der Waals surface area contributed by atoms with Gasteiger partial charge in [0.1, 0.15) is 5.75 Å². The van der Waals surface area contributed by atoms with Gasteiger partial charge < -0.3 is 15.8 Å². The molecule has 0 saturated carbocycles. The molecule has 4 nitrogen and oxygen atoms in total. The van der Waals surface area contributed by atoms with Crippen LogP contribution in [0.25, 0.3) is 0 Å². The first-order valence-electron chi connectivity index (χ1n) is 6.53. The van der Waals surface area contributed by atoms with Gasteiger partial charge in [-0.2, -0.15) is 0 Å². The van der Waals surface area contributed by atoms with E-state index in [2.05, 4.69) is 12.2 Å². The van der Waals surface area contributed by atoms with Gasteiger partial charge in [0.2, 0.25) is 0 Å². The third-order valence-electron chi connectivity index (χ3n) is 2.74. The van der Waals surface area contributed by atoms with E-state index in [0.29, 0.717) is 17.3 Å². The number of hydrogen-bond donors (Lipinski definition) is 2. The first kappa shape index (κ1) is 19.0. The minimum atomic E-state index is -0.151. The van der Waals surface area contributed by atoms with Crippen LogP contribution >= 0.6 is 24.0 Å². The average molecular weight is 321 g/mol. The van der Waals surface area contributed by atoms with E-state index in [0.717, 1.165) is 19.3 Å². The predicted octanol–water partition coefficient (Wildman–Crippen LogP) is 2.77. The van der Waals surface area contributed by atoms with Crippen molar-refractivity contribution in [2.75, 3.05) is 13.2 Å². The number of carbonyl (C=O) groups is 1. The molecule has 0 aliphatic carbocycles. The summed E-state index contributed by atoms with van der Waals surface area (Å²) in [5.74, 6) is 0.471. The summed E-state index contributed by atoms with van der Waals surface area (Å²) in [6.07, 6.45) is 3.05. The molecule has 0 aliphatic heterocycles.